The molecule has 0 saturated carbocycles. The Balaban J connectivity index is 0.000000328. The molecule has 2 heterocycles. The Morgan fingerprint density at radius 3 is 2.55 bits per heavy atom. The summed E-state index contributed by atoms with van der Waals surface area (Å²) in [5.41, 5.74) is 3.09. The van der Waals surface area contributed by atoms with E-state index in [1.165, 1.54) is 18.4 Å². The number of carboxylic acids is 1. The number of pyridine rings is 1. The molecule has 20 heavy (non-hydrogen) atoms. The Morgan fingerprint density at radius 2 is 1.90 bits per heavy atom. The number of aryl methyl sites for hydroxylation is 2. The van der Waals surface area contributed by atoms with Gasteiger partial charge in [-0.05, 0) is 43.2 Å². The highest BCUT2D eigenvalue weighted by Crippen LogP contribution is 2.26. The molecule has 2 aromatic heterocycles. The van der Waals surface area contributed by atoms with Gasteiger partial charge >= 0.3 is 5.97 Å². The molecule has 108 valence electrons. The van der Waals surface area contributed by atoms with Gasteiger partial charge in [-0.25, -0.2) is 14.8 Å². The standard InChI is InChI=1S/C11H10N2O2S.C4H10/c14-11(15)10-13-8-5-6-3-1-2-4-7(6)12-9(8)16-10;1-4(2)3/h5H,1-4H2,(H,14,15);4H,1-3H3. The lowest BCUT2D eigenvalue weighted by Crippen LogP contribution is -2.04. The maximum absolute atomic E-state index is 10.8. The Morgan fingerprint density at radius 1 is 1.25 bits per heavy atom. The SMILES string of the molecule is CC(C)C.O=C(O)c1nc2cc3c(nc2s1)CCCC3. The van der Waals surface area contributed by atoms with Gasteiger partial charge in [0.25, 0.3) is 0 Å². The highest BCUT2D eigenvalue weighted by Gasteiger charge is 2.16. The summed E-state index contributed by atoms with van der Waals surface area (Å²) in [7, 11) is 0. The number of hydrogen-bond donors (Lipinski definition) is 1. The topological polar surface area (TPSA) is 63.1 Å². The average molecular weight is 292 g/mol. The van der Waals surface area contributed by atoms with Crippen molar-refractivity contribution in [1.29, 1.82) is 0 Å². The summed E-state index contributed by atoms with van der Waals surface area (Å²) in [4.78, 5) is 20.1. The number of aromatic nitrogens is 2. The molecule has 0 bridgehead atoms. The van der Waals surface area contributed by atoms with E-state index in [0.717, 1.165) is 46.1 Å². The van der Waals surface area contributed by atoms with Crippen LogP contribution >= 0.6 is 11.3 Å². The first-order chi connectivity index (χ1) is 9.47. The molecule has 0 fully saturated rings. The van der Waals surface area contributed by atoms with Gasteiger partial charge in [0.2, 0.25) is 5.01 Å². The molecule has 0 spiro atoms. The second-order valence-corrected chi connectivity index (χ2v) is 6.66. The molecule has 3 rings (SSSR count). The van der Waals surface area contributed by atoms with Crippen LogP contribution in [0.25, 0.3) is 10.3 Å². The van der Waals surface area contributed by atoms with E-state index < -0.39 is 5.97 Å². The maximum Gasteiger partial charge on any atom is 0.365 e. The third-order valence-corrected chi connectivity index (χ3v) is 3.80. The molecule has 0 atom stereocenters. The minimum atomic E-state index is -0.971. The zero-order valence-corrected chi connectivity index (χ0v) is 13.0. The van der Waals surface area contributed by atoms with Gasteiger partial charge in [-0.15, -0.1) is 0 Å². The Kier molecular flexibility index (Phi) is 4.70. The lowest BCUT2D eigenvalue weighted by atomic mass is 9.96. The zero-order valence-electron chi connectivity index (χ0n) is 12.1. The van der Waals surface area contributed by atoms with Crippen molar-refractivity contribution in [2.75, 3.05) is 0 Å². The van der Waals surface area contributed by atoms with Crippen molar-refractivity contribution in [3.05, 3.63) is 22.3 Å². The van der Waals surface area contributed by atoms with E-state index in [4.69, 9.17) is 5.11 Å². The van der Waals surface area contributed by atoms with Crippen LogP contribution in [0.3, 0.4) is 0 Å². The van der Waals surface area contributed by atoms with Crippen LogP contribution in [0.15, 0.2) is 6.07 Å². The Labute approximate surface area is 122 Å². The molecule has 0 radical (unpaired) electrons. The Hall–Kier alpha value is -1.49. The summed E-state index contributed by atoms with van der Waals surface area (Å²) in [6.07, 6.45) is 4.41. The normalized spacial score (nSPS) is 13.8. The summed E-state index contributed by atoms with van der Waals surface area (Å²) in [6.45, 7) is 6.50. The monoisotopic (exact) mass is 292 g/mol. The second-order valence-electron chi connectivity index (χ2n) is 5.68. The van der Waals surface area contributed by atoms with E-state index in [9.17, 15) is 4.79 Å². The largest absolute Gasteiger partial charge is 0.476 e. The highest BCUT2D eigenvalue weighted by atomic mass is 32.1. The molecule has 0 unspecified atom stereocenters. The zero-order chi connectivity index (χ0) is 14.7. The fourth-order valence-electron chi connectivity index (χ4n) is 2.07. The lowest BCUT2D eigenvalue weighted by Gasteiger charge is -2.13. The smallest absolute Gasteiger partial charge is 0.365 e. The third-order valence-electron chi connectivity index (χ3n) is 2.85. The molecule has 0 saturated heterocycles. The van der Waals surface area contributed by atoms with Gasteiger partial charge in [0, 0.05) is 5.69 Å². The first-order valence-electron chi connectivity index (χ1n) is 7.00. The van der Waals surface area contributed by atoms with Gasteiger partial charge in [0.05, 0.1) is 0 Å². The van der Waals surface area contributed by atoms with Gasteiger partial charge in [-0.1, -0.05) is 32.1 Å². The number of rotatable bonds is 1. The lowest BCUT2D eigenvalue weighted by molar-refractivity contribution is 0.0696. The van der Waals surface area contributed by atoms with Gasteiger partial charge < -0.3 is 5.11 Å². The molecule has 0 amide bonds. The maximum atomic E-state index is 10.8. The van der Waals surface area contributed by atoms with Gasteiger partial charge in [-0.3, -0.25) is 0 Å². The number of carboxylic acid groups (broad SMARTS) is 1. The first kappa shape index (κ1) is 14.9. The van der Waals surface area contributed by atoms with Gasteiger partial charge in [-0.2, -0.15) is 0 Å². The number of carbonyl (C=O) groups is 1. The van der Waals surface area contributed by atoms with E-state index in [0.29, 0.717) is 0 Å². The van der Waals surface area contributed by atoms with Crippen LogP contribution in [-0.2, 0) is 12.8 Å². The van der Waals surface area contributed by atoms with E-state index in [1.807, 2.05) is 6.07 Å². The number of nitrogens with zero attached hydrogens (tertiary/aromatic N) is 2. The minimum Gasteiger partial charge on any atom is -0.476 e. The van der Waals surface area contributed by atoms with Crippen molar-refractivity contribution in [1.82, 2.24) is 9.97 Å². The summed E-state index contributed by atoms with van der Waals surface area (Å²) >= 11 is 1.16. The first-order valence-corrected chi connectivity index (χ1v) is 7.81. The fraction of sp³-hybridized carbons (Fsp3) is 0.533. The molecule has 2 aromatic rings. The van der Waals surface area contributed by atoms with Crippen molar-refractivity contribution in [2.45, 2.75) is 46.5 Å². The predicted molar refractivity (Wildman–Crippen MR) is 81.5 cm³/mol. The quantitative estimate of drug-likeness (QED) is 0.865. The van der Waals surface area contributed by atoms with Crippen LogP contribution in [0.2, 0.25) is 0 Å². The fourth-order valence-corrected chi connectivity index (χ4v) is 2.85. The van der Waals surface area contributed by atoms with E-state index in [-0.39, 0.29) is 5.01 Å². The number of thiazole rings is 1. The summed E-state index contributed by atoms with van der Waals surface area (Å²) in [5, 5.41) is 9.00. The molecular formula is C15H20N2O2S. The predicted octanol–water partition coefficient (Wildman–Crippen LogP) is 3.93. The van der Waals surface area contributed by atoms with Crippen LogP contribution in [0.1, 0.15) is 54.7 Å². The summed E-state index contributed by atoms with van der Waals surface area (Å²) < 4.78 is 0. The van der Waals surface area contributed by atoms with Crippen molar-refractivity contribution in [3.63, 3.8) is 0 Å². The Bertz CT molecular complexity index is 574. The number of hydrogen-bond acceptors (Lipinski definition) is 4. The van der Waals surface area contributed by atoms with Gasteiger partial charge in [0.15, 0.2) is 0 Å². The van der Waals surface area contributed by atoms with E-state index in [2.05, 4.69) is 30.7 Å². The van der Waals surface area contributed by atoms with Crippen LogP contribution < -0.4 is 0 Å². The molecule has 1 aliphatic carbocycles. The molecule has 0 aliphatic heterocycles. The summed E-state index contributed by atoms with van der Waals surface area (Å²) in [6, 6.07) is 2.00. The van der Waals surface area contributed by atoms with Crippen molar-refractivity contribution >= 4 is 27.7 Å². The van der Waals surface area contributed by atoms with Crippen LogP contribution in [0, 0.1) is 5.92 Å². The van der Waals surface area contributed by atoms with Gasteiger partial charge in [0.1, 0.15) is 10.3 Å². The van der Waals surface area contributed by atoms with Crippen LogP contribution in [0.4, 0.5) is 0 Å². The van der Waals surface area contributed by atoms with E-state index >= 15 is 0 Å². The average Bonchev–Trinajstić information content (AvgIpc) is 2.78. The van der Waals surface area contributed by atoms with E-state index in [1.54, 1.807) is 0 Å². The molecule has 4 nitrogen and oxygen atoms in total. The molecule has 5 heteroatoms. The van der Waals surface area contributed by atoms with Crippen molar-refractivity contribution in [2.24, 2.45) is 5.92 Å². The number of fused-ring (bicyclic) bond motifs is 2. The van der Waals surface area contributed by atoms with Crippen LogP contribution in [0.5, 0.6) is 0 Å². The highest BCUT2D eigenvalue weighted by molar-refractivity contribution is 7.19. The molecule has 0 aromatic carbocycles. The summed E-state index contributed by atoms with van der Waals surface area (Å²) in [5.74, 6) is -0.138. The minimum absolute atomic E-state index is 0.129. The van der Waals surface area contributed by atoms with Crippen molar-refractivity contribution < 1.29 is 9.90 Å². The molecular weight excluding hydrogens is 272 g/mol. The molecule has 1 aliphatic rings. The second kappa shape index (κ2) is 6.31. The third kappa shape index (κ3) is 3.54. The van der Waals surface area contributed by atoms with Crippen LogP contribution in [-0.4, -0.2) is 21.0 Å². The van der Waals surface area contributed by atoms with Crippen molar-refractivity contribution in [3.8, 4) is 0 Å². The molecule has 1 N–H and O–H groups in total. The number of aromatic carboxylic acids is 1.